The topological polar surface area (TPSA) is 30.2 Å². The van der Waals surface area contributed by atoms with Crippen LogP contribution in [-0.4, -0.2) is 23.7 Å². The van der Waals surface area contributed by atoms with Crippen LogP contribution in [0.5, 0.6) is 0 Å². The minimum absolute atomic E-state index is 0.803. The number of thioether (sulfide) groups is 1. The molecule has 22 heavy (non-hydrogen) atoms. The highest BCUT2D eigenvalue weighted by Gasteiger charge is 2.15. The number of nitrogens with zero attached hydrogens (tertiary/aromatic N) is 2. The summed E-state index contributed by atoms with van der Waals surface area (Å²) in [4.78, 5) is 3.75. The largest absolute Gasteiger partial charge is 0.619 e. The molecule has 0 radical (unpaired) electrons. The van der Waals surface area contributed by atoms with Gasteiger partial charge in [-0.25, -0.2) is 0 Å². The molecule has 3 rings (SSSR count). The van der Waals surface area contributed by atoms with Crippen molar-refractivity contribution < 1.29 is 4.73 Å². The fraction of sp³-hybridized carbons (Fsp3) is 0.389. The molecule has 0 saturated carbocycles. The smallest absolute Gasteiger partial charge is 0.193 e. The van der Waals surface area contributed by atoms with Crippen LogP contribution in [-0.2, 0) is 13.0 Å². The van der Waals surface area contributed by atoms with Gasteiger partial charge in [-0.05, 0) is 24.5 Å². The van der Waals surface area contributed by atoms with E-state index in [4.69, 9.17) is 0 Å². The molecule has 0 spiro atoms. The van der Waals surface area contributed by atoms with Gasteiger partial charge in [0.1, 0.15) is 0 Å². The number of rotatable bonds is 4. The van der Waals surface area contributed by atoms with Gasteiger partial charge < -0.3 is 5.21 Å². The number of pyridine rings is 1. The summed E-state index contributed by atoms with van der Waals surface area (Å²) in [6.45, 7) is 7.20. The maximum absolute atomic E-state index is 11.5. The Hall–Kier alpha value is -1.52. The average Bonchev–Trinajstić information content (AvgIpc) is 2.55. The van der Waals surface area contributed by atoms with Crippen molar-refractivity contribution >= 4 is 11.8 Å². The van der Waals surface area contributed by atoms with Crippen molar-refractivity contribution in [1.29, 1.82) is 0 Å². The van der Waals surface area contributed by atoms with Gasteiger partial charge in [0.25, 0.3) is 0 Å². The van der Waals surface area contributed by atoms with Crippen molar-refractivity contribution in [1.82, 2.24) is 4.90 Å². The Morgan fingerprint density at radius 3 is 2.77 bits per heavy atom. The van der Waals surface area contributed by atoms with Crippen LogP contribution in [0, 0.1) is 19.1 Å². The third kappa shape index (κ3) is 3.28. The number of hydrogen-bond donors (Lipinski definition) is 0. The Bertz CT molecular complexity index is 672. The van der Waals surface area contributed by atoms with Crippen LogP contribution in [0.15, 0.2) is 41.4 Å². The van der Waals surface area contributed by atoms with Gasteiger partial charge in [0.2, 0.25) is 0 Å². The zero-order valence-electron chi connectivity index (χ0n) is 13.2. The van der Waals surface area contributed by atoms with Crippen LogP contribution in [0.2, 0.25) is 0 Å². The predicted molar refractivity (Wildman–Crippen MR) is 91.0 cm³/mol. The fourth-order valence-electron chi connectivity index (χ4n) is 2.90. The molecular weight excluding hydrogens is 292 g/mol. The highest BCUT2D eigenvalue weighted by molar-refractivity contribution is 7.99. The van der Waals surface area contributed by atoms with Crippen molar-refractivity contribution in [3.8, 4) is 0 Å². The van der Waals surface area contributed by atoms with Gasteiger partial charge >= 0.3 is 0 Å². The molecule has 1 aromatic heterocycles. The van der Waals surface area contributed by atoms with Crippen molar-refractivity contribution in [2.45, 2.75) is 31.7 Å². The maximum Gasteiger partial charge on any atom is 0.193 e. The number of hydrogen-bond acceptors (Lipinski definition) is 3. The van der Waals surface area contributed by atoms with Crippen LogP contribution in [0.25, 0.3) is 0 Å². The van der Waals surface area contributed by atoms with Gasteiger partial charge in [0, 0.05) is 48.8 Å². The Balaban J connectivity index is 1.55. The molecule has 0 N–H and O–H groups in total. The Kier molecular flexibility index (Phi) is 4.69. The molecule has 116 valence electrons. The summed E-state index contributed by atoms with van der Waals surface area (Å²) >= 11 is 1.85. The normalized spacial score (nSPS) is 14.8. The quantitative estimate of drug-likeness (QED) is 0.493. The highest BCUT2D eigenvalue weighted by Crippen LogP contribution is 2.24. The minimum atomic E-state index is 0.803. The molecule has 2 aromatic rings. The van der Waals surface area contributed by atoms with E-state index in [0.717, 1.165) is 47.8 Å². The van der Waals surface area contributed by atoms with Crippen LogP contribution in [0.1, 0.15) is 22.4 Å². The van der Waals surface area contributed by atoms with E-state index in [1.807, 2.05) is 31.7 Å². The van der Waals surface area contributed by atoms with Crippen molar-refractivity contribution in [2.75, 3.05) is 18.8 Å². The summed E-state index contributed by atoms with van der Waals surface area (Å²) in [5, 5.41) is 11.5. The standard InChI is InChI=1S/C18H22N2OS/c1-14-15(2)20(21)10-8-18(14)22-12-11-19-9-7-16-5-3-4-6-17(16)13-19/h3-6,8,10H,7,9,11-13H2,1-2H3. The SMILES string of the molecule is Cc1c(SCCN2CCc3ccccc3C2)cc[n+]([O-])c1C. The molecule has 1 aliphatic rings. The molecule has 0 unspecified atom stereocenters. The minimum Gasteiger partial charge on any atom is -0.619 e. The third-order valence-corrected chi connectivity index (χ3v) is 5.62. The van der Waals surface area contributed by atoms with E-state index in [1.54, 1.807) is 6.20 Å². The van der Waals surface area contributed by atoms with Gasteiger partial charge in [-0.2, -0.15) is 4.73 Å². The molecule has 0 fully saturated rings. The van der Waals surface area contributed by atoms with E-state index in [9.17, 15) is 5.21 Å². The summed E-state index contributed by atoms with van der Waals surface area (Å²) in [5.41, 5.74) is 4.88. The van der Waals surface area contributed by atoms with Crippen molar-refractivity contribution in [2.24, 2.45) is 0 Å². The van der Waals surface area contributed by atoms with E-state index < -0.39 is 0 Å². The highest BCUT2D eigenvalue weighted by atomic mass is 32.2. The van der Waals surface area contributed by atoms with Crippen LogP contribution < -0.4 is 4.73 Å². The van der Waals surface area contributed by atoms with E-state index in [0.29, 0.717) is 0 Å². The van der Waals surface area contributed by atoms with Gasteiger partial charge in [0.15, 0.2) is 11.9 Å². The molecule has 2 heterocycles. The molecule has 0 aliphatic carbocycles. The fourth-order valence-corrected chi connectivity index (χ4v) is 3.99. The third-order valence-electron chi connectivity index (χ3n) is 4.48. The second kappa shape index (κ2) is 6.71. The first-order chi connectivity index (χ1) is 10.6. The van der Waals surface area contributed by atoms with Crippen LogP contribution >= 0.6 is 11.8 Å². The second-order valence-corrected chi connectivity index (χ2v) is 7.00. The summed E-state index contributed by atoms with van der Waals surface area (Å²) < 4.78 is 0.945. The number of benzene rings is 1. The number of fused-ring (bicyclic) bond motifs is 1. The van der Waals surface area contributed by atoms with Crippen molar-refractivity contribution in [3.05, 3.63) is 64.1 Å². The van der Waals surface area contributed by atoms with Gasteiger partial charge in [-0.1, -0.05) is 24.3 Å². The molecular formula is C18H22N2OS. The first-order valence-electron chi connectivity index (χ1n) is 7.76. The lowest BCUT2D eigenvalue weighted by atomic mass is 10.0. The molecule has 3 nitrogen and oxygen atoms in total. The van der Waals surface area contributed by atoms with E-state index >= 15 is 0 Å². The Labute approximate surface area is 136 Å². The summed E-state index contributed by atoms with van der Waals surface area (Å²) in [6, 6.07) is 10.7. The van der Waals surface area contributed by atoms with Gasteiger partial charge in [-0.3, -0.25) is 4.90 Å². The monoisotopic (exact) mass is 314 g/mol. The molecule has 4 heteroatoms. The molecule has 0 saturated heterocycles. The zero-order valence-corrected chi connectivity index (χ0v) is 14.0. The molecule has 0 bridgehead atoms. The lowest BCUT2D eigenvalue weighted by Gasteiger charge is -2.28. The maximum atomic E-state index is 11.5. The molecule has 0 atom stereocenters. The average molecular weight is 314 g/mol. The van der Waals surface area contributed by atoms with Gasteiger partial charge in [0.05, 0.1) is 0 Å². The summed E-state index contributed by atoms with van der Waals surface area (Å²) in [5.74, 6) is 1.06. The van der Waals surface area contributed by atoms with Crippen LogP contribution in [0.3, 0.4) is 0 Å². The number of aromatic nitrogens is 1. The lowest BCUT2D eigenvalue weighted by Crippen LogP contribution is -2.32. The van der Waals surface area contributed by atoms with Crippen LogP contribution in [0.4, 0.5) is 0 Å². The first-order valence-corrected chi connectivity index (χ1v) is 8.75. The molecule has 1 aromatic carbocycles. The first kappa shape index (κ1) is 15.4. The zero-order chi connectivity index (χ0) is 15.5. The predicted octanol–water partition coefficient (Wildman–Crippen LogP) is 3.09. The van der Waals surface area contributed by atoms with E-state index in [2.05, 4.69) is 29.2 Å². The Morgan fingerprint density at radius 2 is 1.95 bits per heavy atom. The summed E-state index contributed by atoms with van der Waals surface area (Å²) in [7, 11) is 0. The van der Waals surface area contributed by atoms with Crippen molar-refractivity contribution in [3.63, 3.8) is 0 Å². The van der Waals surface area contributed by atoms with Gasteiger partial charge in [-0.15, -0.1) is 11.8 Å². The second-order valence-electron chi connectivity index (χ2n) is 5.86. The molecule has 1 aliphatic heterocycles. The van der Waals surface area contributed by atoms with E-state index in [-0.39, 0.29) is 0 Å². The Morgan fingerprint density at radius 1 is 1.18 bits per heavy atom. The molecule has 0 amide bonds. The lowest BCUT2D eigenvalue weighted by molar-refractivity contribution is -0.613. The summed E-state index contributed by atoms with van der Waals surface area (Å²) in [6.07, 6.45) is 2.77. The van der Waals surface area contributed by atoms with E-state index in [1.165, 1.54) is 16.0 Å².